The Morgan fingerprint density at radius 1 is 1.41 bits per heavy atom. The predicted molar refractivity (Wildman–Crippen MR) is 60.4 cm³/mol. The minimum Gasteiger partial charge on any atom is -0.481 e. The third-order valence-corrected chi connectivity index (χ3v) is 3.07. The molecule has 1 aromatic rings. The summed E-state index contributed by atoms with van der Waals surface area (Å²) >= 11 is 1.17. The Hall–Kier alpha value is -1.44. The minimum absolute atomic E-state index is 0.136. The molecule has 0 aliphatic heterocycles. The van der Waals surface area contributed by atoms with Crippen molar-refractivity contribution < 1.29 is 24.9 Å². The van der Waals surface area contributed by atoms with Crippen molar-refractivity contribution in [2.24, 2.45) is 5.73 Å². The van der Waals surface area contributed by atoms with E-state index < -0.39 is 24.1 Å². The molecule has 5 N–H and O–H groups in total. The maximum absolute atomic E-state index is 10.6. The maximum atomic E-state index is 10.6. The van der Waals surface area contributed by atoms with Gasteiger partial charge in [0.25, 0.3) is 0 Å². The number of aliphatic hydroxyl groups excluding tert-OH is 2. The number of aliphatic hydroxyl groups is 2. The highest BCUT2D eigenvalue weighted by Gasteiger charge is 2.21. The topological polar surface area (TPSA) is 121 Å². The number of carboxylic acid groups (broad SMARTS) is 1. The number of hydrogen-bond donors (Lipinski definition) is 4. The molecule has 0 spiro atoms. The molecule has 2 unspecified atom stereocenters. The molecule has 0 bridgehead atoms. The van der Waals surface area contributed by atoms with Crippen LogP contribution in [0.1, 0.15) is 23.0 Å². The second-order valence-electron chi connectivity index (χ2n) is 3.60. The monoisotopic (exact) mass is 259 g/mol. The molecule has 1 amide bonds. The molecular formula is C10H13NO5S. The fourth-order valence-corrected chi connectivity index (χ4v) is 2.24. The summed E-state index contributed by atoms with van der Waals surface area (Å²) in [5.74, 6) is -1.68. The molecule has 0 saturated carbocycles. The van der Waals surface area contributed by atoms with Crippen molar-refractivity contribution in [2.75, 3.05) is 0 Å². The Labute approximate surface area is 101 Å². The van der Waals surface area contributed by atoms with E-state index >= 15 is 0 Å². The summed E-state index contributed by atoms with van der Waals surface area (Å²) < 4.78 is 0. The first kappa shape index (κ1) is 13.6. The van der Waals surface area contributed by atoms with E-state index in [9.17, 15) is 19.8 Å². The summed E-state index contributed by atoms with van der Waals surface area (Å²) in [6.07, 6.45) is -2.99. The Balaban J connectivity index is 2.68. The smallest absolute Gasteiger partial charge is 0.308 e. The fourth-order valence-electron chi connectivity index (χ4n) is 1.33. The maximum Gasteiger partial charge on any atom is 0.308 e. The van der Waals surface area contributed by atoms with E-state index in [0.717, 1.165) is 0 Å². The highest BCUT2D eigenvalue weighted by molar-refractivity contribution is 7.10. The van der Waals surface area contributed by atoms with Crippen molar-refractivity contribution in [3.63, 3.8) is 0 Å². The molecule has 0 aromatic carbocycles. The van der Waals surface area contributed by atoms with E-state index in [1.165, 1.54) is 17.4 Å². The van der Waals surface area contributed by atoms with E-state index in [4.69, 9.17) is 10.8 Å². The van der Waals surface area contributed by atoms with Gasteiger partial charge >= 0.3 is 5.97 Å². The average Bonchev–Trinajstić information content (AvgIpc) is 2.62. The number of aliphatic carboxylic acids is 1. The van der Waals surface area contributed by atoms with Gasteiger partial charge in [-0.2, -0.15) is 0 Å². The Bertz CT molecular complexity index is 417. The van der Waals surface area contributed by atoms with Crippen LogP contribution in [0, 0.1) is 0 Å². The molecule has 7 heteroatoms. The molecule has 2 atom stereocenters. The first-order valence-corrected chi connectivity index (χ1v) is 5.71. The number of rotatable bonds is 6. The predicted octanol–water partition coefficient (Wildman–Crippen LogP) is -0.355. The first-order chi connectivity index (χ1) is 7.90. The van der Waals surface area contributed by atoms with Gasteiger partial charge < -0.3 is 21.1 Å². The Kier molecular flexibility index (Phi) is 4.62. The van der Waals surface area contributed by atoms with Crippen molar-refractivity contribution in [1.29, 1.82) is 0 Å². The highest BCUT2D eigenvalue weighted by Crippen LogP contribution is 2.24. The summed E-state index contributed by atoms with van der Waals surface area (Å²) in [6.45, 7) is 0. The fraction of sp³-hybridized carbons (Fsp3) is 0.400. The van der Waals surface area contributed by atoms with Crippen LogP contribution in [0.15, 0.2) is 11.4 Å². The SMILES string of the molecule is NC(=O)CC(O)C(O)c1csc(CC(=O)O)c1. The summed E-state index contributed by atoms with van der Waals surface area (Å²) in [6, 6.07) is 1.49. The molecule has 1 rings (SSSR count). The number of amides is 1. The van der Waals surface area contributed by atoms with Crippen LogP contribution in [0.3, 0.4) is 0 Å². The zero-order valence-electron chi connectivity index (χ0n) is 8.87. The second-order valence-corrected chi connectivity index (χ2v) is 4.60. The van der Waals surface area contributed by atoms with Gasteiger partial charge in [0.15, 0.2) is 0 Å². The van der Waals surface area contributed by atoms with Crippen LogP contribution in [-0.4, -0.2) is 33.3 Å². The van der Waals surface area contributed by atoms with Gasteiger partial charge in [0, 0.05) is 4.88 Å². The van der Waals surface area contributed by atoms with Crippen LogP contribution < -0.4 is 5.73 Å². The van der Waals surface area contributed by atoms with Crippen LogP contribution in [0.2, 0.25) is 0 Å². The van der Waals surface area contributed by atoms with Crippen LogP contribution in [0.5, 0.6) is 0 Å². The van der Waals surface area contributed by atoms with E-state index in [0.29, 0.717) is 10.4 Å². The lowest BCUT2D eigenvalue weighted by Crippen LogP contribution is -2.25. The van der Waals surface area contributed by atoms with Gasteiger partial charge in [0.05, 0.1) is 18.9 Å². The third kappa shape index (κ3) is 4.14. The van der Waals surface area contributed by atoms with E-state index in [1.54, 1.807) is 5.38 Å². The van der Waals surface area contributed by atoms with Gasteiger partial charge in [-0.25, -0.2) is 0 Å². The van der Waals surface area contributed by atoms with Crippen molar-refractivity contribution in [1.82, 2.24) is 0 Å². The molecular weight excluding hydrogens is 246 g/mol. The molecule has 94 valence electrons. The van der Waals surface area contributed by atoms with Gasteiger partial charge in [0.2, 0.25) is 5.91 Å². The molecule has 17 heavy (non-hydrogen) atoms. The van der Waals surface area contributed by atoms with Crippen LogP contribution in [-0.2, 0) is 16.0 Å². The lowest BCUT2D eigenvalue weighted by Gasteiger charge is -2.14. The normalized spacial score (nSPS) is 14.2. The number of carboxylic acids is 1. The number of primary amides is 1. The van der Waals surface area contributed by atoms with E-state index in [2.05, 4.69) is 0 Å². The van der Waals surface area contributed by atoms with E-state index in [1.807, 2.05) is 0 Å². The molecule has 0 fully saturated rings. The lowest BCUT2D eigenvalue weighted by molar-refractivity contribution is -0.136. The first-order valence-electron chi connectivity index (χ1n) is 4.83. The molecule has 0 aliphatic carbocycles. The standard InChI is InChI=1S/C10H13NO5S/c11-8(13)3-7(12)10(16)5-1-6(17-4-5)2-9(14)15/h1,4,7,10,12,16H,2-3H2,(H2,11,13)(H,14,15). The van der Waals surface area contributed by atoms with Crippen molar-refractivity contribution in [3.05, 3.63) is 21.9 Å². The highest BCUT2D eigenvalue weighted by atomic mass is 32.1. The number of nitrogens with two attached hydrogens (primary N) is 1. The van der Waals surface area contributed by atoms with Crippen LogP contribution in [0.25, 0.3) is 0 Å². The zero-order chi connectivity index (χ0) is 13.0. The largest absolute Gasteiger partial charge is 0.481 e. The number of hydrogen-bond acceptors (Lipinski definition) is 5. The van der Waals surface area contributed by atoms with Gasteiger partial charge in [-0.05, 0) is 17.0 Å². The molecule has 1 heterocycles. The van der Waals surface area contributed by atoms with E-state index in [-0.39, 0.29) is 12.8 Å². The van der Waals surface area contributed by atoms with Crippen LogP contribution >= 0.6 is 11.3 Å². The van der Waals surface area contributed by atoms with Crippen molar-refractivity contribution >= 4 is 23.2 Å². The second kappa shape index (κ2) is 5.76. The zero-order valence-corrected chi connectivity index (χ0v) is 9.68. The quantitative estimate of drug-likeness (QED) is 0.556. The third-order valence-electron chi connectivity index (χ3n) is 2.12. The van der Waals surface area contributed by atoms with Crippen molar-refractivity contribution in [2.45, 2.75) is 25.0 Å². The minimum atomic E-state index is -1.28. The molecule has 0 saturated heterocycles. The van der Waals surface area contributed by atoms with Gasteiger partial charge in [-0.1, -0.05) is 0 Å². The molecule has 1 aromatic heterocycles. The summed E-state index contributed by atoms with van der Waals surface area (Å²) in [5.41, 5.74) is 5.28. The molecule has 6 nitrogen and oxygen atoms in total. The summed E-state index contributed by atoms with van der Waals surface area (Å²) in [5, 5.41) is 29.3. The van der Waals surface area contributed by atoms with Crippen molar-refractivity contribution in [3.8, 4) is 0 Å². The summed E-state index contributed by atoms with van der Waals surface area (Å²) in [7, 11) is 0. The molecule has 0 aliphatic rings. The Morgan fingerprint density at radius 3 is 2.59 bits per heavy atom. The number of carbonyl (C=O) groups excluding carboxylic acids is 1. The van der Waals surface area contributed by atoms with Gasteiger partial charge in [-0.15, -0.1) is 11.3 Å². The number of thiophene rings is 1. The summed E-state index contributed by atoms with van der Waals surface area (Å²) in [4.78, 5) is 21.6. The Morgan fingerprint density at radius 2 is 2.06 bits per heavy atom. The lowest BCUT2D eigenvalue weighted by atomic mass is 10.0. The number of carbonyl (C=O) groups is 2. The molecule has 0 radical (unpaired) electrons. The van der Waals surface area contributed by atoms with Gasteiger partial charge in [0.1, 0.15) is 6.10 Å². The average molecular weight is 259 g/mol. The van der Waals surface area contributed by atoms with Gasteiger partial charge in [-0.3, -0.25) is 9.59 Å². The van der Waals surface area contributed by atoms with Crippen LogP contribution in [0.4, 0.5) is 0 Å².